The van der Waals surface area contributed by atoms with Gasteiger partial charge in [0, 0.05) is 50.9 Å². The first-order valence-electron chi connectivity index (χ1n) is 9.71. The molecule has 142 valence electrons. The van der Waals surface area contributed by atoms with E-state index < -0.39 is 0 Å². The number of amides is 1. The molecule has 0 unspecified atom stereocenters. The minimum Gasteiger partial charge on any atom is -0.353 e. The number of anilines is 1. The molecule has 3 heterocycles. The highest BCUT2D eigenvalue weighted by Gasteiger charge is 2.43. The lowest BCUT2D eigenvalue weighted by Gasteiger charge is -2.49. The molecule has 2 aliphatic heterocycles. The van der Waals surface area contributed by atoms with E-state index >= 15 is 0 Å². The predicted octanol–water partition coefficient (Wildman–Crippen LogP) is 2.11. The van der Waals surface area contributed by atoms with E-state index in [1.807, 2.05) is 18.5 Å². The molecule has 7 heteroatoms. The molecule has 1 spiro atoms. The average Bonchev–Trinajstić information content (AvgIpc) is 3.50. The van der Waals surface area contributed by atoms with Crippen LogP contribution in [0.25, 0.3) is 0 Å². The third-order valence-electron chi connectivity index (χ3n) is 6.31. The molecule has 0 radical (unpaired) electrons. The van der Waals surface area contributed by atoms with Crippen LogP contribution in [-0.4, -0.2) is 77.2 Å². The van der Waals surface area contributed by atoms with E-state index in [1.54, 1.807) is 11.8 Å². The fourth-order valence-electron chi connectivity index (χ4n) is 4.30. The van der Waals surface area contributed by atoms with Crippen LogP contribution in [0.4, 0.5) is 5.82 Å². The number of rotatable bonds is 4. The maximum atomic E-state index is 12.6. The fourth-order valence-corrected chi connectivity index (χ4v) is 4.65. The number of likely N-dealkylation sites (tertiary alicyclic amines) is 1. The van der Waals surface area contributed by atoms with E-state index in [1.165, 1.54) is 12.8 Å². The third kappa shape index (κ3) is 3.69. The quantitative estimate of drug-likeness (QED) is 0.593. The van der Waals surface area contributed by atoms with Gasteiger partial charge in [-0.25, -0.2) is 9.97 Å². The Labute approximate surface area is 160 Å². The van der Waals surface area contributed by atoms with Gasteiger partial charge in [0.15, 0.2) is 5.16 Å². The lowest BCUT2D eigenvalue weighted by atomic mass is 9.86. The molecule has 0 N–H and O–H groups in total. The van der Waals surface area contributed by atoms with Crippen LogP contribution in [0.2, 0.25) is 0 Å². The number of hydrogen-bond donors (Lipinski definition) is 0. The molecule has 1 aromatic rings. The van der Waals surface area contributed by atoms with Crippen molar-refractivity contribution in [2.45, 2.75) is 42.8 Å². The number of thioether (sulfide) groups is 1. The summed E-state index contributed by atoms with van der Waals surface area (Å²) in [6.07, 6.45) is 9.13. The van der Waals surface area contributed by atoms with Crippen molar-refractivity contribution in [1.82, 2.24) is 19.8 Å². The lowest BCUT2D eigenvalue weighted by Crippen LogP contribution is -2.61. The number of likely N-dealkylation sites (N-methyl/N-ethyl adjacent to an activating group) is 1. The Morgan fingerprint density at radius 2 is 2.12 bits per heavy atom. The van der Waals surface area contributed by atoms with Gasteiger partial charge in [-0.3, -0.25) is 9.69 Å². The Kier molecular flexibility index (Phi) is 5.10. The highest BCUT2D eigenvalue weighted by molar-refractivity contribution is 7.98. The molecule has 1 aliphatic carbocycles. The number of piperazine rings is 1. The summed E-state index contributed by atoms with van der Waals surface area (Å²) in [4.78, 5) is 28.6. The lowest BCUT2D eigenvalue weighted by molar-refractivity contribution is -0.130. The molecule has 4 rings (SSSR count). The zero-order valence-corrected chi connectivity index (χ0v) is 16.7. The van der Waals surface area contributed by atoms with Crippen molar-refractivity contribution >= 4 is 23.5 Å². The van der Waals surface area contributed by atoms with Gasteiger partial charge in [0.25, 0.3) is 0 Å². The number of nitrogens with zero attached hydrogens (tertiary/aromatic N) is 5. The van der Waals surface area contributed by atoms with E-state index in [9.17, 15) is 4.79 Å². The third-order valence-corrected chi connectivity index (χ3v) is 6.87. The molecule has 3 aliphatic rings. The molecule has 0 aromatic carbocycles. The predicted molar refractivity (Wildman–Crippen MR) is 105 cm³/mol. The van der Waals surface area contributed by atoms with Gasteiger partial charge in [-0.2, -0.15) is 0 Å². The van der Waals surface area contributed by atoms with Crippen molar-refractivity contribution in [3.63, 3.8) is 0 Å². The monoisotopic (exact) mass is 375 g/mol. The smallest absolute Gasteiger partial charge is 0.222 e. The first kappa shape index (κ1) is 18.0. The van der Waals surface area contributed by atoms with Crippen LogP contribution in [-0.2, 0) is 4.79 Å². The topological polar surface area (TPSA) is 52.6 Å². The van der Waals surface area contributed by atoms with Gasteiger partial charge < -0.3 is 9.80 Å². The second kappa shape index (κ2) is 7.35. The van der Waals surface area contributed by atoms with E-state index in [0.717, 1.165) is 62.5 Å². The Morgan fingerprint density at radius 1 is 1.27 bits per heavy atom. The Morgan fingerprint density at radius 3 is 2.88 bits per heavy atom. The van der Waals surface area contributed by atoms with Gasteiger partial charge in [-0.15, -0.1) is 0 Å². The molecule has 26 heavy (non-hydrogen) atoms. The van der Waals surface area contributed by atoms with E-state index in [-0.39, 0.29) is 5.54 Å². The summed E-state index contributed by atoms with van der Waals surface area (Å²) in [6.45, 7) is 4.80. The number of carbonyl (C=O) groups is 1. The van der Waals surface area contributed by atoms with Crippen LogP contribution in [0.1, 0.15) is 32.1 Å². The summed E-state index contributed by atoms with van der Waals surface area (Å²) in [5.41, 5.74) is 0.0662. The van der Waals surface area contributed by atoms with Gasteiger partial charge in [0.2, 0.25) is 5.91 Å². The van der Waals surface area contributed by atoms with Gasteiger partial charge in [0.05, 0.1) is 0 Å². The molecule has 2 saturated heterocycles. The second-order valence-corrected chi connectivity index (χ2v) is 8.78. The molecule has 1 saturated carbocycles. The minimum atomic E-state index is 0.0662. The summed E-state index contributed by atoms with van der Waals surface area (Å²) < 4.78 is 0. The highest BCUT2D eigenvalue weighted by atomic mass is 32.2. The SMILES string of the molecule is CSc1nccc(N2CCN(C)[C@@]3(CCC(=O)N(CC4CC4)CC3)C2)n1. The zero-order chi connectivity index (χ0) is 18.1. The first-order chi connectivity index (χ1) is 12.6. The van der Waals surface area contributed by atoms with E-state index in [4.69, 9.17) is 4.98 Å². The molecular formula is C19H29N5OS. The molecule has 6 nitrogen and oxygen atoms in total. The van der Waals surface area contributed by atoms with Crippen LogP contribution < -0.4 is 4.90 Å². The summed E-state index contributed by atoms with van der Waals surface area (Å²) in [6, 6.07) is 2.01. The Hall–Kier alpha value is -1.34. The van der Waals surface area contributed by atoms with Gasteiger partial charge in [-0.1, -0.05) is 11.8 Å². The number of aromatic nitrogens is 2. The molecule has 1 amide bonds. The van der Waals surface area contributed by atoms with Gasteiger partial charge in [-0.05, 0) is 51.0 Å². The van der Waals surface area contributed by atoms with Crippen molar-refractivity contribution in [2.24, 2.45) is 5.92 Å². The van der Waals surface area contributed by atoms with Crippen molar-refractivity contribution in [3.05, 3.63) is 12.3 Å². The van der Waals surface area contributed by atoms with Crippen LogP contribution in [0, 0.1) is 5.92 Å². The second-order valence-electron chi connectivity index (χ2n) is 8.00. The van der Waals surface area contributed by atoms with Crippen LogP contribution in [0.3, 0.4) is 0 Å². The maximum absolute atomic E-state index is 12.6. The Balaban J connectivity index is 1.50. The van der Waals surface area contributed by atoms with Gasteiger partial charge in [0.1, 0.15) is 5.82 Å². The first-order valence-corrected chi connectivity index (χ1v) is 10.9. The molecule has 0 bridgehead atoms. The summed E-state index contributed by atoms with van der Waals surface area (Å²) in [7, 11) is 2.23. The highest BCUT2D eigenvalue weighted by Crippen LogP contribution is 2.36. The van der Waals surface area contributed by atoms with Crippen molar-refractivity contribution < 1.29 is 4.79 Å². The number of carbonyl (C=O) groups excluding carboxylic acids is 1. The minimum absolute atomic E-state index is 0.0662. The van der Waals surface area contributed by atoms with E-state index in [2.05, 4.69) is 26.7 Å². The van der Waals surface area contributed by atoms with E-state index in [0.29, 0.717) is 12.3 Å². The molecule has 3 fully saturated rings. The average molecular weight is 376 g/mol. The van der Waals surface area contributed by atoms with Gasteiger partial charge >= 0.3 is 0 Å². The molecule has 1 atom stereocenters. The summed E-state index contributed by atoms with van der Waals surface area (Å²) in [5, 5.41) is 0.821. The fraction of sp³-hybridized carbons (Fsp3) is 0.737. The van der Waals surface area contributed by atoms with Crippen LogP contribution in [0.15, 0.2) is 17.4 Å². The van der Waals surface area contributed by atoms with Crippen molar-refractivity contribution in [2.75, 3.05) is 50.9 Å². The van der Waals surface area contributed by atoms with Crippen molar-refractivity contribution in [1.29, 1.82) is 0 Å². The summed E-state index contributed by atoms with van der Waals surface area (Å²) >= 11 is 1.58. The number of hydrogen-bond acceptors (Lipinski definition) is 6. The Bertz CT molecular complexity index is 667. The molecular weight excluding hydrogens is 346 g/mol. The largest absolute Gasteiger partial charge is 0.353 e. The standard InChI is InChI=1S/C19H29N5OS/c1-22-11-12-24(16-6-9-20-18(21-16)26-2)14-19(22)7-5-17(25)23(10-8-19)13-15-3-4-15/h6,9,15H,3-5,7-8,10-14H2,1-2H3/t19-/m1/s1. The zero-order valence-electron chi connectivity index (χ0n) is 15.9. The van der Waals surface area contributed by atoms with Crippen LogP contribution >= 0.6 is 11.8 Å². The normalized spacial score (nSPS) is 27.8. The van der Waals surface area contributed by atoms with Crippen LogP contribution in [0.5, 0.6) is 0 Å². The van der Waals surface area contributed by atoms with Crippen molar-refractivity contribution in [3.8, 4) is 0 Å². The maximum Gasteiger partial charge on any atom is 0.222 e. The molecule has 1 aromatic heterocycles. The summed E-state index contributed by atoms with van der Waals surface area (Å²) in [5.74, 6) is 2.13.